The summed E-state index contributed by atoms with van der Waals surface area (Å²) in [6, 6.07) is 9.72. The zero-order valence-corrected chi connectivity index (χ0v) is 18.4. The predicted molar refractivity (Wildman–Crippen MR) is 121 cm³/mol. The molecule has 1 saturated carbocycles. The Morgan fingerprint density at radius 3 is 2.42 bits per heavy atom. The maximum absolute atomic E-state index is 13.4. The number of aryl methyl sites for hydroxylation is 1. The third-order valence-corrected chi connectivity index (χ3v) is 6.65. The molecule has 3 amide bonds. The number of carbonyl (C=O) groups excluding carboxylic acids is 3. The first-order valence-electron chi connectivity index (χ1n) is 11.3. The lowest BCUT2D eigenvalue weighted by Gasteiger charge is -2.19. The number of nitrogens with one attached hydrogen (secondary N) is 1. The molecule has 2 fully saturated rings. The van der Waals surface area contributed by atoms with Crippen molar-refractivity contribution in [3.05, 3.63) is 54.0 Å². The number of rotatable bonds is 5. The normalized spacial score (nSPS) is 20.4. The quantitative estimate of drug-likeness (QED) is 0.599. The summed E-state index contributed by atoms with van der Waals surface area (Å²) in [7, 11) is 0. The highest BCUT2D eigenvalue weighted by atomic mass is 19.1. The van der Waals surface area contributed by atoms with Gasteiger partial charge in [0.25, 0.3) is 0 Å². The lowest BCUT2D eigenvalue weighted by atomic mass is 9.81. The van der Waals surface area contributed by atoms with Gasteiger partial charge in [-0.25, -0.2) is 9.37 Å². The summed E-state index contributed by atoms with van der Waals surface area (Å²) < 4.78 is 15.2. The third kappa shape index (κ3) is 3.90. The summed E-state index contributed by atoms with van der Waals surface area (Å²) in [6.45, 7) is 2.02. The Labute approximate surface area is 190 Å². The predicted octanol–water partition coefficient (Wildman–Crippen LogP) is 3.95. The van der Waals surface area contributed by atoms with Crippen LogP contribution in [-0.4, -0.2) is 38.6 Å². The molecule has 0 radical (unpaired) electrons. The number of fused-ring (bicyclic) bond motifs is 2. The molecule has 3 heterocycles. The van der Waals surface area contributed by atoms with E-state index in [1.165, 1.54) is 17.0 Å². The van der Waals surface area contributed by atoms with E-state index in [0.717, 1.165) is 31.2 Å². The van der Waals surface area contributed by atoms with Crippen molar-refractivity contribution in [2.75, 3.05) is 11.9 Å². The first-order chi connectivity index (χ1) is 15.9. The van der Waals surface area contributed by atoms with E-state index in [1.807, 2.05) is 25.3 Å². The fourth-order valence-corrected chi connectivity index (χ4v) is 4.93. The number of amides is 3. The highest BCUT2D eigenvalue weighted by Crippen LogP contribution is 2.38. The van der Waals surface area contributed by atoms with Gasteiger partial charge in [0.15, 0.2) is 0 Å². The van der Waals surface area contributed by atoms with E-state index in [-0.39, 0.29) is 48.3 Å². The summed E-state index contributed by atoms with van der Waals surface area (Å²) in [4.78, 5) is 44.2. The number of hydrogen-bond donors (Lipinski definition) is 1. The molecule has 1 aliphatic carbocycles. The fraction of sp³-hybridized carbons (Fsp3) is 0.360. The molecule has 0 unspecified atom stereocenters. The molecule has 1 aliphatic heterocycles. The van der Waals surface area contributed by atoms with E-state index >= 15 is 0 Å². The van der Waals surface area contributed by atoms with Gasteiger partial charge in [0, 0.05) is 24.7 Å². The molecule has 2 atom stereocenters. The van der Waals surface area contributed by atoms with Gasteiger partial charge in [-0.15, -0.1) is 0 Å². The van der Waals surface area contributed by atoms with Gasteiger partial charge >= 0.3 is 0 Å². The molecule has 33 heavy (non-hydrogen) atoms. The van der Waals surface area contributed by atoms with Crippen LogP contribution in [0.4, 0.5) is 10.2 Å². The Bertz CT molecular complexity index is 1230. The molecule has 0 spiro atoms. The van der Waals surface area contributed by atoms with E-state index in [2.05, 4.69) is 10.3 Å². The summed E-state index contributed by atoms with van der Waals surface area (Å²) in [6.07, 6.45) is 5.25. The molecule has 1 aromatic carbocycles. The lowest BCUT2D eigenvalue weighted by molar-refractivity contribution is -0.140. The highest BCUT2D eigenvalue weighted by molar-refractivity contribution is 6.05. The lowest BCUT2D eigenvalue weighted by Crippen LogP contribution is -2.34. The Hall–Kier alpha value is -3.55. The first-order valence-corrected chi connectivity index (χ1v) is 11.3. The molecular weight excluding hydrogens is 423 g/mol. The number of anilines is 1. The molecule has 2 aromatic heterocycles. The van der Waals surface area contributed by atoms with Crippen molar-refractivity contribution in [2.45, 2.75) is 39.0 Å². The largest absolute Gasteiger partial charge is 0.310 e. The van der Waals surface area contributed by atoms with Crippen LogP contribution < -0.4 is 5.32 Å². The molecule has 170 valence electrons. The zero-order valence-electron chi connectivity index (χ0n) is 18.4. The van der Waals surface area contributed by atoms with Crippen LogP contribution in [0.15, 0.2) is 42.6 Å². The summed E-state index contributed by atoms with van der Waals surface area (Å²) in [5.41, 5.74) is 2.86. The van der Waals surface area contributed by atoms with Gasteiger partial charge in [-0.2, -0.15) is 0 Å². The SMILES string of the molecule is Cc1ccn2c(NC(=O)CCN3C(=O)[C@@H]4CCCC[C@H]4C3=O)c(-c3ccc(F)cc3)nc2c1. The average Bonchev–Trinajstić information content (AvgIpc) is 3.27. The van der Waals surface area contributed by atoms with Crippen LogP contribution in [-0.2, 0) is 14.4 Å². The number of nitrogens with zero attached hydrogens (tertiary/aromatic N) is 3. The van der Waals surface area contributed by atoms with Gasteiger partial charge in [0.05, 0.1) is 11.8 Å². The number of hydrogen-bond acceptors (Lipinski definition) is 4. The van der Waals surface area contributed by atoms with E-state index < -0.39 is 0 Å². The number of imide groups is 1. The first kappa shape index (κ1) is 21.3. The van der Waals surface area contributed by atoms with E-state index in [4.69, 9.17) is 0 Å². The monoisotopic (exact) mass is 448 g/mol. The molecule has 1 saturated heterocycles. The second-order valence-electron chi connectivity index (χ2n) is 8.87. The van der Waals surface area contributed by atoms with Gasteiger partial charge in [-0.1, -0.05) is 12.8 Å². The maximum Gasteiger partial charge on any atom is 0.233 e. The topological polar surface area (TPSA) is 83.8 Å². The van der Waals surface area contributed by atoms with Crippen LogP contribution in [0.1, 0.15) is 37.7 Å². The van der Waals surface area contributed by atoms with Crippen molar-refractivity contribution >= 4 is 29.2 Å². The Morgan fingerprint density at radius 1 is 1.09 bits per heavy atom. The number of halogens is 1. The number of benzene rings is 1. The second kappa shape index (κ2) is 8.42. The molecule has 2 aliphatic rings. The molecule has 3 aromatic rings. The van der Waals surface area contributed by atoms with Crippen molar-refractivity contribution in [1.29, 1.82) is 0 Å². The van der Waals surface area contributed by atoms with Gasteiger partial charge in [-0.05, 0) is 61.7 Å². The third-order valence-electron chi connectivity index (χ3n) is 6.65. The minimum Gasteiger partial charge on any atom is -0.310 e. The molecule has 1 N–H and O–H groups in total. The minimum atomic E-state index is -0.357. The maximum atomic E-state index is 13.4. The number of aromatic nitrogens is 2. The minimum absolute atomic E-state index is 0.00112. The molecule has 0 bridgehead atoms. The number of imidazole rings is 1. The molecule has 7 nitrogen and oxygen atoms in total. The van der Waals surface area contributed by atoms with Crippen LogP contribution in [0.3, 0.4) is 0 Å². The average molecular weight is 448 g/mol. The molecule has 5 rings (SSSR count). The van der Waals surface area contributed by atoms with Crippen LogP contribution in [0.2, 0.25) is 0 Å². The van der Waals surface area contributed by atoms with Gasteiger partial charge < -0.3 is 5.32 Å². The summed E-state index contributed by atoms with van der Waals surface area (Å²) >= 11 is 0. The standard InChI is InChI=1S/C25H25FN4O3/c1-15-10-12-29-20(14-15)27-22(16-6-8-17(26)9-7-16)23(29)28-21(31)11-13-30-24(32)18-4-2-3-5-19(18)25(30)33/h6-10,12,14,18-19H,2-5,11,13H2,1H3,(H,28,31)/t18-,19-/m1/s1. The molecule has 8 heteroatoms. The van der Waals surface area contributed by atoms with Crippen molar-refractivity contribution in [2.24, 2.45) is 11.8 Å². The van der Waals surface area contributed by atoms with Crippen LogP contribution >= 0.6 is 0 Å². The van der Waals surface area contributed by atoms with E-state index in [9.17, 15) is 18.8 Å². The second-order valence-corrected chi connectivity index (χ2v) is 8.87. The van der Waals surface area contributed by atoms with Gasteiger partial charge in [-0.3, -0.25) is 23.7 Å². The van der Waals surface area contributed by atoms with E-state index in [0.29, 0.717) is 22.7 Å². The van der Waals surface area contributed by atoms with Crippen LogP contribution in [0.5, 0.6) is 0 Å². The summed E-state index contributed by atoms with van der Waals surface area (Å²) in [5.74, 6) is -0.942. The van der Waals surface area contributed by atoms with Crippen molar-refractivity contribution in [3.63, 3.8) is 0 Å². The van der Waals surface area contributed by atoms with Crippen molar-refractivity contribution in [1.82, 2.24) is 14.3 Å². The Morgan fingerprint density at radius 2 is 1.76 bits per heavy atom. The number of carbonyl (C=O) groups is 3. The smallest absolute Gasteiger partial charge is 0.233 e. The van der Waals surface area contributed by atoms with Crippen molar-refractivity contribution in [3.8, 4) is 11.3 Å². The van der Waals surface area contributed by atoms with Gasteiger partial charge in [0.2, 0.25) is 17.7 Å². The van der Waals surface area contributed by atoms with Crippen molar-refractivity contribution < 1.29 is 18.8 Å². The van der Waals surface area contributed by atoms with Crippen LogP contribution in [0.25, 0.3) is 16.9 Å². The summed E-state index contributed by atoms with van der Waals surface area (Å²) in [5, 5.41) is 2.90. The number of pyridine rings is 1. The van der Waals surface area contributed by atoms with Gasteiger partial charge in [0.1, 0.15) is 23.0 Å². The Balaban J connectivity index is 1.37. The van der Waals surface area contributed by atoms with Crippen LogP contribution in [0, 0.1) is 24.6 Å². The fourth-order valence-electron chi connectivity index (χ4n) is 4.93. The molecular formula is C25H25FN4O3. The highest BCUT2D eigenvalue weighted by Gasteiger charge is 2.47. The zero-order chi connectivity index (χ0) is 23.1. The number of likely N-dealkylation sites (tertiary alicyclic amines) is 1. The van der Waals surface area contributed by atoms with E-state index in [1.54, 1.807) is 16.5 Å². The Kier molecular flexibility index (Phi) is 5.44.